The number of hydrogen-bond acceptors (Lipinski definition) is 1. The van der Waals surface area contributed by atoms with E-state index in [2.05, 4.69) is 58.9 Å². The highest BCUT2D eigenvalue weighted by Gasteiger charge is 2.15. The fourth-order valence-corrected chi connectivity index (χ4v) is 1.59. The molecule has 0 bridgehead atoms. The van der Waals surface area contributed by atoms with Gasteiger partial charge in [0.05, 0.1) is 0 Å². The third-order valence-corrected chi connectivity index (χ3v) is 2.88. The first-order valence-corrected chi connectivity index (χ1v) is 5.68. The number of rotatable bonds is 2. The molecule has 0 radical (unpaired) electrons. The van der Waals surface area contributed by atoms with Crippen LogP contribution in [0.3, 0.4) is 0 Å². The van der Waals surface area contributed by atoms with Gasteiger partial charge in [0.1, 0.15) is 0 Å². The number of benzene rings is 1. The lowest BCUT2D eigenvalue weighted by Gasteiger charge is -2.21. The summed E-state index contributed by atoms with van der Waals surface area (Å²) in [5, 5.41) is 0. The summed E-state index contributed by atoms with van der Waals surface area (Å²) in [6.45, 7) is 11.0. The van der Waals surface area contributed by atoms with Gasteiger partial charge in [0.2, 0.25) is 0 Å². The van der Waals surface area contributed by atoms with E-state index >= 15 is 0 Å². The Morgan fingerprint density at radius 1 is 1.00 bits per heavy atom. The van der Waals surface area contributed by atoms with Crippen LogP contribution in [-0.4, -0.2) is 0 Å². The van der Waals surface area contributed by atoms with E-state index in [0.717, 1.165) is 0 Å². The number of hydrogen-bond donors (Lipinski definition) is 1. The largest absolute Gasteiger partial charge is 0.324 e. The molecule has 1 unspecified atom stereocenters. The van der Waals surface area contributed by atoms with E-state index < -0.39 is 0 Å². The maximum Gasteiger partial charge on any atom is 0.0318 e. The molecule has 92 valence electrons. The first-order valence-electron chi connectivity index (χ1n) is 5.68. The molecule has 0 aliphatic rings. The van der Waals surface area contributed by atoms with E-state index in [0.29, 0.717) is 5.92 Å². The van der Waals surface area contributed by atoms with Crippen LogP contribution < -0.4 is 5.73 Å². The van der Waals surface area contributed by atoms with Crippen LogP contribution >= 0.6 is 12.4 Å². The molecule has 0 aromatic heterocycles. The summed E-state index contributed by atoms with van der Waals surface area (Å²) in [5.41, 5.74) is 8.92. The molecule has 1 rings (SSSR count). The molecule has 0 aliphatic heterocycles. The maximum atomic E-state index is 6.10. The van der Waals surface area contributed by atoms with Gasteiger partial charge in [-0.25, -0.2) is 0 Å². The van der Waals surface area contributed by atoms with Crippen molar-refractivity contribution in [3.05, 3.63) is 35.4 Å². The van der Waals surface area contributed by atoms with Gasteiger partial charge in [0, 0.05) is 6.04 Å². The third kappa shape index (κ3) is 3.80. The van der Waals surface area contributed by atoms with Crippen LogP contribution in [0.4, 0.5) is 0 Å². The van der Waals surface area contributed by atoms with Crippen LogP contribution in [0.25, 0.3) is 0 Å². The Bertz CT molecular complexity index is 309. The molecule has 1 atom stereocenters. The summed E-state index contributed by atoms with van der Waals surface area (Å²) >= 11 is 0. The zero-order chi connectivity index (χ0) is 11.6. The molecule has 1 nitrogen and oxygen atoms in total. The zero-order valence-electron chi connectivity index (χ0n) is 10.9. The van der Waals surface area contributed by atoms with Gasteiger partial charge in [0.25, 0.3) is 0 Å². The van der Waals surface area contributed by atoms with Gasteiger partial charge in [-0.3, -0.25) is 0 Å². The van der Waals surface area contributed by atoms with Gasteiger partial charge < -0.3 is 5.73 Å². The second kappa shape index (κ2) is 5.70. The van der Waals surface area contributed by atoms with E-state index in [9.17, 15) is 0 Å². The summed E-state index contributed by atoms with van der Waals surface area (Å²) in [6.07, 6.45) is 0. The highest BCUT2D eigenvalue weighted by atomic mass is 35.5. The first-order chi connectivity index (χ1) is 6.82. The van der Waals surface area contributed by atoms with E-state index in [1.165, 1.54) is 11.1 Å². The highest BCUT2D eigenvalue weighted by molar-refractivity contribution is 5.85. The van der Waals surface area contributed by atoms with Crippen molar-refractivity contribution in [2.75, 3.05) is 0 Å². The van der Waals surface area contributed by atoms with Crippen LogP contribution in [-0.2, 0) is 5.41 Å². The van der Waals surface area contributed by atoms with Crippen molar-refractivity contribution < 1.29 is 0 Å². The van der Waals surface area contributed by atoms with Crippen LogP contribution in [0.2, 0.25) is 0 Å². The van der Waals surface area contributed by atoms with Crippen molar-refractivity contribution in [3.63, 3.8) is 0 Å². The molecule has 0 fully saturated rings. The van der Waals surface area contributed by atoms with E-state index in [1.54, 1.807) is 0 Å². The predicted octanol–water partition coefficient (Wildman–Crippen LogP) is 4.06. The summed E-state index contributed by atoms with van der Waals surface area (Å²) in [5.74, 6) is 0.491. The molecule has 0 spiro atoms. The minimum Gasteiger partial charge on any atom is -0.324 e. The van der Waals surface area contributed by atoms with Crippen molar-refractivity contribution in [3.8, 4) is 0 Å². The fraction of sp³-hybridized carbons (Fsp3) is 0.571. The van der Waals surface area contributed by atoms with Crippen LogP contribution in [0.5, 0.6) is 0 Å². The van der Waals surface area contributed by atoms with Gasteiger partial charge in [-0.15, -0.1) is 12.4 Å². The normalized spacial score (nSPS) is 13.4. The molecule has 0 aliphatic carbocycles. The Morgan fingerprint density at radius 3 is 1.75 bits per heavy atom. The average Bonchev–Trinajstić information content (AvgIpc) is 2.15. The summed E-state index contributed by atoms with van der Waals surface area (Å²) < 4.78 is 0. The molecular formula is C14H24ClN. The van der Waals surface area contributed by atoms with E-state index in [-0.39, 0.29) is 23.9 Å². The lowest BCUT2D eigenvalue weighted by Crippen LogP contribution is -2.17. The summed E-state index contributed by atoms with van der Waals surface area (Å²) in [7, 11) is 0. The Labute approximate surface area is 106 Å². The van der Waals surface area contributed by atoms with Crippen LogP contribution in [0.15, 0.2) is 24.3 Å². The standard InChI is InChI=1S/C14H23N.ClH/c1-10(2)13(15)11-6-8-12(9-7-11)14(3,4)5;/h6-10,13H,15H2,1-5H3;1H. The minimum atomic E-state index is 0. The molecule has 2 heteroatoms. The van der Waals surface area contributed by atoms with Crippen molar-refractivity contribution >= 4 is 12.4 Å². The Balaban J connectivity index is 0.00000225. The maximum absolute atomic E-state index is 6.10. The smallest absolute Gasteiger partial charge is 0.0318 e. The van der Waals surface area contributed by atoms with Crippen molar-refractivity contribution in [2.45, 2.75) is 46.1 Å². The molecule has 1 aromatic carbocycles. The molecule has 0 saturated carbocycles. The molecule has 2 N–H and O–H groups in total. The monoisotopic (exact) mass is 241 g/mol. The predicted molar refractivity (Wildman–Crippen MR) is 74.2 cm³/mol. The molecule has 0 saturated heterocycles. The minimum absolute atomic E-state index is 0. The van der Waals surface area contributed by atoms with Crippen LogP contribution in [0, 0.1) is 5.92 Å². The molecule has 1 aromatic rings. The lowest BCUT2D eigenvalue weighted by molar-refractivity contribution is 0.513. The van der Waals surface area contributed by atoms with Gasteiger partial charge in [0.15, 0.2) is 0 Å². The first kappa shape index (κ1) is 15.5. The number of halogens is 1. The van der Waals surface area contributed by atoms with E-state index in [4.69, 9.17) is 5.73 Å². The Hall–Kier alpha value is -0.530. The third-order valence-electron chi connectivity index (χ3n) is 2.88. The topological polar surface area (TPSA) is 26.0 Å². The van der Waals surface area contributed by atoms with Gasteiger partial charge in [-0.05, 0) is 22.5 Å². The second-order valence-electron chi connectivity index (χ2n) is 5.64. The highest BCUT2D eigenvalue weighted by Crippen LogP contribution is 2.25. The van der Waals surface area contributed by atoms with Crippen LogP contribution in [0.1, 0.15) is 51.8 Å². The van der Waals surface area contributed by atoms with Crippen molar-refractivity contribution in [1.29, 1.82) is 0 Å². The lowest BCUT2D eigenvalue weighted by atomic mass is 9.85. The Morgan fingerprint density at radius 2 is 1.44 bits per heavy atom. The quantitative estimate of drug-likeness (QED) is 0.830. The van der Waals surface area contributed by atoms with Gasteiger partial charge >= 0.3 is 0 Å². The molecule has 0 heterocycles. The molecular weight excluding hydrogens is 218 g/mol. The van der Waals surface area contributed by atoms with Gasteiger partial charge in [-0.1, -0.05) is 58.9 Å². The van der Waals surface area contributed by atoms with E-state index in [1.807, 2.05) is 0 Å². The zero-order valence-corrected chi connectivity index (χ0v) is 11.8. The van der Waals surface area contributed by atoms with Crippen molar-refractivity contribution in [1.82, 2.24) is 0 Å². The van der Waals surface area contributed by atoms with Gasteiger partial charge in [-0.2, -0.15) is 0 Å². The second-order valence-corrected chi connectivity index (χ2v) is 5.64. The SMILES string of the molecule is CC(C)C(N)c1ccc(C(C)(C)C)cc1.Cl. The van der Waals surface area contributed by atoms with Crippen molar-refractivity contribution in [2.24, 2.45) is 11.7 Å². The average molecular weight is 242 g/mol. The Kier molecular flexibility index (Phi) is 5.51. The fourth-order valence-electron chi connectivity index (χ4n) is 1.59. The molecule has 0 amide bonds. The summed E-state index contributed by atoms with van der Waals surface area (Å²) in [4.78, 5) is 0. The summed E-state index contributed by atoms with van der Waals surface area (Å²) in [6, 6.07) is 8.85. The number of nitrogens with two attached hydrogens (primary N) is 1. The molecule has 16 heavy (non-hydrogen) atoms.